The van der Waals surface area contributed by atoms with E-state index in [1.165, 1.54) is 12.1 Å². The van der Waals surface area contributed by atoms with Crippen LogP contribution in [0.2, 0.25) is 0 Å². The molecule has 1 aromatic heterocycles. The molecule has 37 heavy (non-hydrogen) atoms. The molecule has 5 rings (SSSR count). The minimum Gasteiger partial charge on any atom is -0.481 e. The number of carbonyl (C=O) groups is 1. The smallest absolute Gasteiger partial charge is 0.418 e. The van der Waals surface area contributed by atoms with Gasteiger partial charge >= 0.3 is 12.1 Å². The van der Waals surface area contributed by atoms with Crippen LogP contribution in [0.5, 0.6) is 0 Å². The molecule has 1 saturated carbocycles. The molecule has 0 amide bonds. The van der Waals surface area contributed by atoms with Crippen LogP contribution in [0.3, 0.4) is 0 Å². The van der Waals surface area contributed by atoms with E-state index in [0.717, 1.165) is 18.2 Å². The summed E-state index contributed by atoms with van der Waals surface area (Å²) in [7, 11) is 0. The Labute approximate surface area is 210 Å². The number of nitrogens with one attached hydrogen (secondary N) is 1. The normalized spacial score (nSPS) is 20.8. The van der Waals surface area contributed by atoms with Crippen molar-refractivity contribution in [3.05, 3.63) is 48.0 Å². The Bertz CT molecular complexity index is 1250. The summed E-state index contributed by atoms with van der Waals surface area (Å²) in [5.41, 5.74) is 0.787. The molecule has 2 atom stereocenters. The van der Waals surface area contributed by atoms with E-state index in [0.29, 0.717) is 18.4 Å². The SMILES string of the molecule is O=C(O)[C@H]1CCC(Nc2ccc(-c3nc(-c4ccc(N5CCC(F)CC5)c(C(F)(F)F)c4)no3)cc2)C1. The first-order valence-corrected chi connectivity index (χ1v) is 12.2. The van der Waals surface area contributed by atoms with Crippen LogP contribution in [0.15, 0.2) is 47.0 Å². The zero-order valence-electron chi connectivity index (χ0n) is 19.8. The van der Waals surface area contributed by atoms with Crippen LogP contribution in [0.25, 0.3) is 22.8 Å². The number of alkyl halides is 4. The molecule has 3 aromatic rings. The zero-order valence-corrected chi connectivity index (χ0v) is 19.8. The maximum atomic E-state index is 13.9. The average molecular weight is 519 g/mol. The number of nitrogens with zero attached hydrogens (tertiary/aromatic N) is 3. The number of aromatic nitrogens is 2. The Kier molecular flexibility index (Phi) is 6.78. The number of carboxylic acid groups (broad SMARTS) is 1. The quantitative estimate of drug-likeness (QED) is 0.385. The summed E-state index contributed by atoms with van der Waals surface area (Å²) in [5.74, 6) is -0.911. The molecule has 2 aromatic carbocycles. The fraction of sp³-hybridized carbons (Fsp3) is 0.423. The van der Waals surface area contributed by atoms with Gasteiger partial charge in [0.25, 0.3) is 5.89 Å². The summed E-state index contributed by atoms with van der Waals surface area (Å²) in [6.45, 7) is 0.448. The average Bonchev–Trinajstić information content (AvgIpc) is 3.55. The van der Waals surface area contributed by atoms with Crippen molar-refractivity contribution >= 4 is 17.3 Å². The minimum atomic E-state index is -4.60. The van der Waals surface area contributed by atoms with Crippen LogP contribution in [0.1, 0.15) is 37.7 Å². The number of aliphatic carboxylic acids is 1. The molecule has 1 aliphatic heterocycles. The van der Waals surface area contributed by atoms with Crippen molar-refractivity contribution in [2.24, 2.45) is 5.92 Å². The van der Waals surface area contributed by atoms with Gasteiger partial charge in [-0.3, -0.25) is 4.79 Å². The van der Waals surface area contributed by atoms with Gasteiger partial charge in [0.2, 0.25) is 5.82 Å². The van der Waals surface area contributed by atoms with E-state index >= 15 is 0 Å². The van der Waals surface area contributed by atoms with Crippen molar-refractivity contribution in [3.8, 4) is 22.8 Å². The fourth-order valence-corrected chi connectivity index (χ4v) is 5.01. The van der Waals surface area contributed by atoms with E-state index in [-0.39, 0.29) is 60.9 Å². The van der Waals surface area contributed by atoms with E-state index in [4.69, 9.17) is 9.63 Å². The zero-order chi connectivity index (χ0) is 26.2. The second kappa shape index (κ2) is 10.0. The number of hydrogen-bond acceptors (Lipinski definition) is 6. The van der Waals surface area contributed by atoms with E-state index < -0.39 is 23.9 Å². The number of anilines is 2. The highest BCUT2D eigenvalue weighted by molar-refractivity contribution is 5.71. The summed E-state index contributed by atoms with van der Waals surface area (Å²) in [6, 6.07) is 11.1. The molecule has 7 nitrogen and oxygen atoms in total. The maximum absolute atomic E-state index is 13.9. The van der Waals surface area contributed by atoms with Gasteiger partial charge in [-0.05, 0) is 74.6 Å². The predicted molar refractivity (Wildman–Crippen MR) is 129 cm³/mol. The monoisotopic (exact) mass is 518 g/mol. The van der Waals surface area contributed by atoms with Gasteiger partial charge in [0, 0.05) is 41.6 Å². The fourth-order valence-electron chi connectivity index (χ4n) is 5.01. The lowest BCUT2D eigenvalue weighted by Gasteiger charge is -2.32. The largest absolute Gasteiger partial charge is 0.481 e. The first kappa shape index (κ1) is 25.0. The van der Waals surface area contributed by atoms with Crippen LogP contribution in [0.4, 0.5) is 28.9 Å². The standard InChI is InChI=1S/C26H26F4N4O3/c27-18-9-11-34(12-10-18)22-8-4-16(14-21(22)26(28,29)30)23-32-24(37-33-23)15-1-5-19(6-2-15)31-20-7-3-17(13-20)25(35)36/h1-2,4-6,8,14,17-18,20,31H,3,7,9-13H2,(H,35,36)/t17-,20?/m0/s1. The van der Waals surface area contributed by atoms with Crippen LogP contribution < -0.4 is 10.2 Å². The van der Waals surface area contributed by atoms with Crippen molar-refractivity contribution in [2.45, 2.75) is 50.5 Å². The molecule has 0 bridgehead atoms. The summed E-state index contributed by atoms with van der Waals surface area (Å²) in [5, 5.41) is 16.4. The summed E-state index contributed by atoms with van der Waals surface area (Å²) >= 11 is 0. The number of piperidine rings is 1. The van der Waals surface area contributed by atoms with Crippen LogP contribution >= 0.6 is 0 Å². The molecule has 2 aliphatic rings. The van der Waals surface area contributed by atoms with Crippen LogP contribution in [-0.4, -0.2) is 46.5 Å². The highest BCUT2D eigenvalue weighted by Gasteiger charge is 2.36. The molecule has 196 valence electrons. The number of carboxylic acids is 1. The van der Waals surface area contributed by atoms with Gasteiger partial charge in [-0.1, -0.05) is 5.16 Å². The molecule has 11 heteroatoms. The van der Waals surface area contributed by atoms with E-state index in [2.05, 4.69) is 15.5 Å². The highest BCUT2D eigenvalue weighted by Crippen LogP contribution is 2.40. The second-order valence-electron chi connectivity index (χ2n) is 9.58. The number of hydrogen-bond donors (Lipinski definition) is 2. The predicted octanol–water partition coefficient (Wildman–Crippen LogP) is 6.03. The lowest BCUT2D eigenvalue weighted by Crippen LogP contribution is -2.35. The molecular formula is C26H26F4N4O3. The Morgan fingerprint density at radius 1 is 1.03 bits per heavy atom. The summed E-state index contributed by atoms with van der Waals surface area (Å²) < 4.78 is 60.5. The maximum Gasteiger partial charge on any atom is 0.418 e. The molecule has 2 heterocycles. The first-order valence-electron chi connectivity index (χ1n) is 12.2. The molecule has 1 aliphatic carbocycles. The van der Waals surface area contributed by atoms with Crippen molar-refractivity contribution in [2.75, 3.05) is 23.3 Å². The number of benzene rings is 2. The third-order valence-corrected chi connectivity index (χ3v) is 7.04. The molecule has 1 unspecified atom stereocenters. The molecule has 0 radical (unpaired) electrons. The molecular weight excluding hydrogens is 492 g/mol. The highest BCUT2D eigenvalue weighted by atomic mass is 19.4. The summed E-state index contributed by atoms with van der Waals surface area (Å²) in [4.78, 5) is 17.0. The molecule has 2 fully saturated rings. The second-order valence-corrected chi connectivity index (χ2v) is 9.58. The van der Waals surface area contributed by atoms with Gasteiger partial charge in [0.05, 0.1) is 11.5 Å². The number of rotatable bonds is 6. The van der Waals surface area contributed by atoms with Crippen molar-refractivity contribution in [1.29, 1.82) is 0 Å². The van der Waals surface area contributed by atoms with Gasteiger partial charge in [-0.25, -0.2) is 4.39 Å². The molecule has 2 N–H and O–H groups in total. The first-order chi connectivity index (χ1) is 17.7. The van der Waals surface area contributed by atoms with Gasteiger partial charge in [-0.2, -0.15) is 18.2 Å². The minimum absolute atomic E-state index is 0.0203. The van der Waals surface area contributed by atoms with Crippen LogP contribution in [-0.2, 0) is 11.0 Å². The Hall–Kier alpha value is -3.63. The van der Waals surface area contributed by atoms with E-state index in [1.807, 2.05) is 12.1 Å². The lowest BCUT2D eigenvalue weighted by atomic mass is 10.0. The van der Waals surface area contributed by atoms with E-state index in [9.17, 15) is 22.4 Å². The van der Waals surface area contributed by atoms with Gasteiger partial charge in [0.15, 0.2) is 0 Å². The van der Waals surface area contributed by atoms with Gasteiger partial charge in [0.1, 0.15) is 6.17 Å². The Morgan fingerprint density at radius 3 is 2.38 bits per heavy atom. The molecule has 0 spiro atoms. The van der Waals surface area contributed by atoms with Gasteiger partial charge in [-0.15, -0.1) is 0 Å². The van der Waals surface area contributed by atoms with Gasteiger partial charge < -0.3 is 19.8 Å². The van der Waals surface area contributed by atoms with Crippen LogP contribution in [0, 0.1) is 5.92 Å². The Balaban J connectivity index is 1.32. The topological polar surface area (TPSA) is 91.5 Å². The molecule has 1 saturated heterocycles. The third-order valence-electron chi connectivity index (χ3n) is 7.04. The summed E-state index contributed by atoms with van der Waals surface area (Å²) in [6.07, 6.45) is -3.20. The number of halogens is 4. The third kappa shape index (κ3) is 5.55. The van der Waals surface area contributed by atoms with Crippen molar-refractivity contribution in [3.63, 3.8) is 0 Å². The Morgan fingerprint density at radius 2 is 1.73 bits per heavy atom. The lowest BCUT2D eigenvalue weighted by molar-refractivity contribution is -0.141. The van der Waals surface area contributed by atoms with Crippen molar-refractivity contribution in [1.82, 2.24) is 10.1 Å². The van der Waals surface area contributed by atoms with E-state index in [1.54, 1.807) is 17.0 Å². The van der Waals surface area contributed by atoms with Crippen molar-refractivity contribution < 1.29 is 32.0 Å².